The molecule has 0 spiro atoms. The summed E-state index contributed by atoms with van der Waals surface area (Å²) in [4.78, 5) is 29.7. The van der Waals surface area contributed by atoms with Crippen molar-refractivity contribution in [1.29, 1.82) is 0 Å². The fourth-order valence-electron chi connectivity index (χ4n) is 6.97. The van der Waals surface area contributed by atoms with Crippen LogP contribution in [0.15, 0.2) is 24.3 Å². The first-order chi connectivity index (χ1) is 14.5. The molecule has 0 radical (unpaired) electrons. The van der Waals surface area contributed by atoms with Crippen LogP contribution in [0, 0.1) is 17.8 Å². The Labute approximate surface area is 178 Å². The molecule has 1 aromatic rings. The lowest BCUT2D eigenvalue weighted by Crippen LogP contribution is -2.62. The Balaban J connectivity index is 1.41. The zero-order valence-corrected chi connectivity index (χ0v) is 17.9. The first-order valence-electron chi connectivity index (χ1n) is 11.5. The fraction of sp³-hybridized carbons (Fsp3) is 0.667. The Morgan fingerprint density at radius 2 is 1.90 bits per heavy atom. The van der Waals surface area contributed by atoms with Gasteiger partial charge in [-0.2, -0.15) is 0 Å². The molecule has 0 atom stereocenters. The lowest BCUT2D eigenvalue weighted by Gasteiger charge is -2.60. The van der Waals surface area contributed by atoms with E-state index in [2.05, 4.69) is 22.3 Å². The van der Waals surface area contributed by atoms with Gasteiger partial charge in [-0.05, 0) is 74.0 Å². The zero-order valence-electron chi connectivity index (χ0n) is 17.9. The molecule has 5 fully saturated rings. The quantitative estimate of drug-likeness (QED) is 0.781. The molecule has 5 aliphatic rings. The van der Waals surface area contributed by atoms with Crippen molar-refractivity contribution in [1.82, 2.24) is 15.1 Å². The molecule has 2 amide bonds. The average molecular weight is 412 g/mol. The fourth-order valence-corrected chi connectivity index (χ4v) is 6.97. The van der Waals surface area contributed by atoms with Crippen LogP contribution < -0.4 is 10.1 Å². The normalized spacial score (nSPS) is 32.7. The number of hydrogen-bond acceptors (Lipinski definition) is 4. The monoisotopic (exact) mass is 411 g/mol. The van der Waals surface area contributed by atoms with E-state index in [0.29, 0.717) is 26.2 Å². The number of ether oxygens (including phenoxy) is 1. The Bertz CT molecular complexity index is 788. The molecule has 6 rings (SSSR count). The van der Waals surface area contributed by atoms with E-state index < -0.39 is 0 Å². The lowest BCUT2D eigenvalue weighted by molar-refractivity contribution is -0.154. The number of methoxy groups -OCH3 is 1. The summed E-state index contributed by atoms with van der Waals surface area (Å²) in [6, 6.07) is 8.10. The largest absolute Gasteiger partial charge is 0.497 e. The third-order valence-corrected chi connectivity index (χ3v) is 7.83. The SMILES string of the molecule is COc1cccc(CN(C(=O)CN2CCNC(=O)C2)C23CC4CC(CC(C4)C2)C3)c1. The number of rotatable bonds is 6. The maximum absolute atomic E-state index is 13.7. The predicted molar refractivity (Wildman–Crippen MR) is 114 cm³/mol. The molecule has 0 unspecified atom stereocenters. The van der Waals surface area contributed by atoms with Crippen LogP contribution in [-0.2, 0) is 16.1 Å². The van der Waals surface area contributed by atoms with Crippen molar-refractivity contribution in [2.45, 2.75) is 50.6 Å². The van der Waals surface area contributed by atoms with Gasteiger partial charge in [-0.1, -0.05) is 12.1 Å². The second kappa shape index (κ2) is 7.88. The standard InChI is InChI=1S/C24H33N3O3/c1-30-21-4-2-3-17(10-21)14-27(23(29)16-26-6-5-25-22(28)15-26)24-11-18-7-19(12-24)9-20(8-18)13-24/h2-4,10,18-20H,5-9,11-16H2,1H3,(H,25,28). The van der Waals surface area contributed by atoms with Crippen LogP contribution in [0.2, 0.25) is 0 Å². The number of hydrogen-bond donors (Lipinski definition) is 1. The number of amides is 2. The summed E-state index contributed by atoms with van der Waals surface area (Å²) in [5, 5.41) is 2.86. The molecule has 4 aliphatic carbocycles. The number of nitrogens with one attached hydrogen (secondary N) is 1. The summed E-state index contributed by atoms with van der Waals surface area (Å²) in [5.41, 5.74) is 1.11. The van der Waals surface area contributed by atoms with Crippen molar-refractivity contribution in [3.05, 3.63) is 29.8 Å². The second-order valence-corrected chi connectivity index (χ2v) is 10.0. The smallest absolute Gasteiger partial charge is 0.237 e. The van der Waals surface area contributed by atoms with Crippen molar-refractivity contribution in [3.8, 4) is 5.75 Å². The van der Waals surface area contributed by atoms with Gasteiger partial charge in [-0.25, -0.2) is 0 Å². The van der Waals surface area contributed by atoms with Crippen LogP contribution in [0.1, 0.15) is 44.1 Å². The molecular weight excluding hydrogens is 378 g/mol. The minimum absolute atomic E-state index is 0.00699. The van der Waals surface area contributed by atoms with E-state index in [-0.39, 0.29) is 17.4 Å². The lowest BCUT2D eigenvalue weighted by atomic mass is 9.52. The van der Waals surface area contributed by atoms with E-state index in [0.717, 1.165) is 54.9 Å². The highest BCUT2D eigenvalue weighted by atomic mass is 16.5. The summed E-state index contributed by atoms with van der Waals surface area (Å²) in [6.45, 7) is 2.64. The van der Waals surface area contributed by atoms with Gasteiger partial charge in [0, 0.05) is 25.2 Å². The first kappa shape index (κ1) is 19.9. The van der Waals surface area contributed by atoms with E-state index >= 15 is 0 Å². The van der Waals surface area contributed by atoms with Crippen molar-refractivity contribution in [2.24, 2.45) is 17.8 Å². The summed E-state index contributed by atoms with van der Waals surface area (Å²) in [5.74, 6) is 3.35. The molecule has 1 saturated heterocycles. The maximum Gasteiger partial charge on any atom is 0.237 e. The highest BCUT2D eigenvalue weighted by Crippen LogP contribution is 2.58. The molecule has 4 saturated carbocycles. The number of benzene rings is 1. The Morgan fingerprint density at radius 1 is 1.20 bits per heavy atom. The van der Waals surface area contributed by atoms with Gasteiger partial charge < -0.3 is 15.0 Å². The van der Waals surface area contributed by atoms with Crippen LogP contribution in [0.5, 0.6) is 5.75 Å². The molecule has 4 bridgehead atoms. The summed E-state index contributed by atoms with van der Waals surface area (Å²) in [7, 11) is 1.68. The minimum atomic E-state index is -0.00699. The van der Waals surface area contributed by atoms with E-state index in [9.17, 15) is 9.59 Å². The molecule has 162 valence electrons. The van der Waals surface area contributed by atoms with E-state index in [1.54, 1.807) is 7.11 Å². The number of piperazine rings is 1. The summed E-state index contributed by atoms with van der Waals surface area (Å²) >= 11 is 0. The molecule has 6 nitrogen and oxygen atoms in total. The molecule has 1 aliphatic heterocycles. The van der Waals surface area contributed by atoms with Gasteiger partial charge in [0.05, 0.1) is 20.2 Å². The van der Waals surface area contributed by atoms with Crippen molar-refractivity contribution in [3.63, 3.8) is 0 Å². The van der Waals surface area contributed by atoms with E-state index in [1.807, 2.05) is 17.0 Å². The Hall–Kier alpha value is -2.08. The maximum atomic E-state index is 13.7. The van der Waals surface area contributed by atoms with Gasteiger partial charge in [0.15, 0.2) is 0 Å². The van der Waals surface area contributed by atoms with Gasteiger partial charge in [-0.3, -0.25) is 14.5 Å². The molecular formula is C24H33N3O3. The Kier molecular flexibility index (Phi) is 5.21. The van der Waals surface area contributed by atoms with Crippen LogP contribution in [0.25, 0.3) is 0 Å². The van der Waals surface area contributed by atoms with Gasteiger partial charge in [-0.15, -0.1) is 0 Å². The average Bonchev–Trinajstić information content (AvgIpc) is 2.71. The first-order valence-corrected chi connectivity index (χ1v) is 11.5. The van der Waals surface area contributed by atoms with Crippen molar-refractivity contribution >= 4 is 11.8 Å². The third-order valence-electron chi connectivity index (χ3n) is 7.83. The summed E-state index contributed by atoms with van der Waals surface area (Å²) < 4.78 is 5.42. The molecule has 6 heteroatoms. The van der Waals surface area contributed by atoms with E-state index in [4.69, 9.17) is 4.74 Å². The molecule has 1 aromatic carbocycles. The van der Waals surface area contributed by atoms with Crippen LogP contribution in [-0.4, -0.2) is 60.4 Å². The topological polar surface area (TPSA) is 61.9 Å². The predicted octanol–water partition coefficient (Wildman–Crippen LogP) is 2.42. The minimum Gasteiger partial charge on any atom is -0.497 e. The number of carbonyl (C=O) groups excluding carboxylic acids is 2. The zero-order chi connectivity index (χ0) is 20.7. The van der Waals surface area contributed by atoms with Crippen molar-refractivity contribution < 1.29 is 14.3 Å². The highest BCUT2D eigenvalue weighted by molar-refractivity contribution is 5.82. The number of nitrogens with zero attached hydrogens (tertiary/aromatic N) is 2. The second-order valence-electron chi connectivity index (χ2n) is 10.0. The molecule has 30 heavy (non-hydrogen) atoms. The van der Waals surface area contributed by atoms with Crippen LogP contribution in [0.3, 0.4) is 0 Å². The molecule has 0 aromatic heterocycles. The van der Waals surface area contributed by atoms with Gasteiger partial charge in [0.1, 0.15) is 5.75 Å². The summed E-state index contributed by atoms with van der Waals surface area (Å²) in [6.07, 6.45) is 7.51. The third kappa shape index (κ3) is 3.82. The number of carbonyl (C=O) groups is 2. The highest BCUT2D eigenvalue weighted by Gasteiger charge is 2.54. The van der Waals surface area contributed by atoms with Crippen LogP contribution in [0.4, 0.5) is 0 Å². The van der Waals surface area contributed by atoms with Gasteiger partial charge in [0.25, 0.3) is 0 Å². The van der Waals surface area contributed by atoms with Crippen molar-refractivity contribution in [2.75, 3.05) is 33.3 Å². The molecule has 1 N–H and O–H groups in total. The van der Waals surface area contributed by atoms with E-state index in [1.165, 1.54) is 19.3 Å². The Morgan fingerprint density at radius 3 is 2.53 bits per heavy atom. The van der Waals surface area contributed by atoms with Gasteiger partial charge >= 0.3 is 0 Å². The van der Waals surface area contributed by atoms with Crippen LogP contribution >= 0.6 is 0 Å². The molecule has 1 heterocycles. The van der Waals surface area contributed by atoms with Gasteiger partial charge in [0.2, 0.25) is 11.8 Å².